The summed E-state index contributed by atoms with van der Waals surface area (Å²) in [5.74, 6) is -1.86. The van der Waals surface area contributed by atoms with Crippen molar-refractivity contribution < 1.29 is 22.4 Å². The second kappa shape index (κ2) is 7.28. The molecule has 1 amide bonds. The Hall–Kier alpha value is -1.34. The molecule has 1 aliphatic heterocycles. The van der Waals surface area contributed by atoms with Gasteiger partial charge in [-0.3, -0.25) is 4.79 Å². The summed E-state index contributed by atoms with van der Waals surface area (Å²) < 4.78 is 51.3. The molecule has 1 heterocycles. The largest absolute Gasteiger partial charge is 0.419 e. The standard InChI is InChI=1S/C14H16F4N2O.ClH/c1-19-8-10-3-2-6-20(10)13(21)9-4-5-12(15)11(7-9)14(16,17)18;/h4-5,7,10,19H,2-3,6,8H2,1H3;1H. The van der Waals surface area contributed by atoms with Crippen molar-refractivity contribution in [3.05, 3.63) is 35.1 Å². The highest BCUT2D eigenvalue weighted by molar-refractivity contribution is 5.94. The average molecular weight is 341 g/mol. The molecule has 22 heavy (non-hydrogen) atoms. The molecule has 1 unspecified atom stereocenters. The minimum Gasteiger partial charge on any atom is -0.334 e. The molecule has 1 aromatic rings. The second-order valence-corrected chi connectivity index (χ2v) is 5.04. The molecular weight excluding hydrogens is 324 g/mol. The van der Waals surface area contributed by atoms with E-state index < -0.39 is 23.5 Å². The molecule has 0 aliphatic carbocycles. The van der Waals surface area contributed by atoms with E-state index in [1.807, 2.05) is 0 Å². The summed E-state index contributed by atoms with van der Waals surface area (Å²) in [5.41, 5.74) is -1.54. The van der Waals surface area contributed by atoms with Gasteiger partial charge in [0.2, 0.25) is 0 Å². The molecule has 0 aromatic heterocycles. The predicted molar refractivity (Wildman–Crippen MR) is 76.6 cm³/mol. The van der Waals surface area contributed by atoms with Crippen LogP contribution in [-0.4, -0.2) is 37.0 Å². The zero-order valence-corrected chi connectivity index (χ0v) is 12.7. The summed E-state index contributed by atoms with van der Waals surface area (Å²) in [6.07, 6.45) is -3.19. The summed E-state index contributed by atoms with van der Waals surface area (Å²) in [6.45, 7) is 1.09. The number of nitrogens with zero attached hydrogens (tertiary/aromatic N) is 1. The van der Waals surface area contributed by atoms with Gasteiger partial charge in [0.05, 0.1) is 5.56 Å². The minimum absolute atomic E-state index is 0. The number of hydrogen-bond donors (Lipinski definition) is 1. The lowest BCUT2D eigenvalue weighted by Crippen LogP contribution is -2.40. The van der Waals surface area contributed by atoms with Crippen molar-refractivity contribution in [2.24, 2.45) is 0 Å². The first-order valence-corrected chi connectivity index (χ1v) is 6.67. The number of carbonyl (C=O) groups is 1. The molecule has 124 valence electrons. The maximum atomic E-state index is 13.2. The SMILES string of the molecule is CNCC1CCCN1C(=O)c1ccc(F)c(C(F)(F)F)c1.Cl. The van der Waals surface area contributed by atoms with Gasteiger partial charge in [-0.15, -0.1) is 12.4 Å². The highest BCUT2D eigenvalue weighted by atomic mass is 35.5. The maximum absolute atomic E-state index is 13.2. The fraction of sp³-hybridized carbons (Fsp3) is 0.500. The van der Waals surface area contributed by atoms with Crippen LogP contribution >= 0.6 is 12.4 Å². The van der Waals surface area contributed by atoms with E-state index in [4.69, 9.17) is 0 Å². The molecule has 2 rings (SSSR count). The summed E-state index contributed by atoms with van der Waals surface area (Å²) in [4.78, 5) is 13.9. The summed E-state index contributed by atoms with van der Waals surface area (Å²) >= 11 is 0. The quantitative estimate of drug-likeness (QED) is 0.858. The van der Waals surface area contributed by atoms with Crippen LogP contribution in [0.2, 0.25) is 0 Å². The molecule has 0 radical (unpaired) electrons. The number of carbonyl (C=O) groups excluding carboxylic acids is 1. The topological polar surface area (TPSA) is 32.3 Å². The Morgan fingerprint density at radius 2 is 2.09 bits per heavy atom. The van der Waals surface area contributed by atoms with E-state index in [0.717, 1.165) is 18.9 Å². The highest BCUT2D eigenvalue weighted by Crippen LogP contribution is 2.32. The molecule has 1 fully saturated rings. The second-order valence-electron chi connectivity index (χ2n) is 5.04. The number of likely N-dealkylation sites (tertiary alicyclic amines) is 1. The van der Waals surface area contributed by atoms with Gasteiger partial charge in [-0.2, -0.15) is 13.2 Å². The van der Waals surface area contributed by atoms with Crippen molar-refractivity contribution in [2.45, 2.75) is 25.1 Å². The molecular formula is C14H17ClF4N2O. The fourth-order valence-corrected chi connectivity index (χ4v) is 2.59. The molecule has 1 atom stereocenters. The molecule has 3 nitrogen and oxygen atoms in total. The molecule has 8 heteroatoms. The van der Waals surface area contributed by atoms with Gasteiger partial charge in [-0.1, -0.05) is 0 Å². The molecule has 0 saturated carbocycles. The van der Waals surface area contributed by atoms with Crippen LogP contribution in [0.5, 0.6) is 0 Å². The molecule has 1 aliphatic rings. The summed E-state index contributed by atoms with van der Waals surface area (Å²) in [6, 6.07) is 2.34. The number of halogens is 5. The molecule has 1 N–H and O–H groups in total. The van der Waals surface area contributed by atoms with E-state index in [0.29, 0.717) is 25.2 Å². The van der Waals surface area contributed by atoms with E-state index in [2.05, 4.69) is 5.32 Å². The van der Waals surface area contributed by atoms with Crippen molar-refractivity contribution in [1.82, 2.24) is 10.2 Å². The van der Waals surface area contributed by atoms with Crippen molar-refractivity contribution >= 4 is 18.3 Å². The average Bonchev–Trinajstić information content (AvgIpc) is 2.86. The number of hydrogen-bond acceptors (Lipinski definition) is 2. The Morgan fingerprint density at radius 3 is 2.68 bits per heavy atom. The van der Waals surface area contributed by atoms with Gasteiger partial charge in [-0.05, 0) is 38.1 Å². The van der Waals surface area contributed by atoms with Gasteiger partial charge < -0.3 is 10.2 Å². The zero-order chi connectivity index (χ0) is 15.6. The fourth-order valence-electron chi connectivity index (χ4n) is 2.59. The van der Waals surface area contributed by atoms with Crippen LogP contribution in [-0.2, 0) is 6.18 Å². The Bertz CT molecular complexity index is 536. The zero-order valence-electron chi connectivity index (χ0n) is 11.9. The lowest BCUT2D eigenvalue weighted by Gasteiger charge is -2.25. The monoisotopic (exact) mass is 340 g/mol. The first-order chi connectivity index (χ1) is 9.84. The van der Waals surface area contributed by atoms with Crippen LogP contribution in [0.1, 0.15) is 28.8 Å². The van der Waals surface area contributed by atoms with Crippen LogP contribution in [0.15, 0.2) is 18.2 Å². The van der Waals surface area contributed by atoms with Crippen LogP contribution < -0.4 is 5.32 Å². The van der Waals surface area contributed by atoms with Gasteiger partial charge in [-0.25, -0.2) is 4.39 Å². The number of rotatable bonds is 3. The third-order valence-corrected chi connectivity index (χ3v) is 3.60. The van der Waals surface area contributed by atoms with E-state index in [-0.39, 0.29) is 24.0 Å². The smallest absolute Gasteiger partial charge is 0.334 e. The van der Waals surface area contributed by atoms with E-state index in [9.17, 15) is 22.4 Å². The van der Waals surface area contributed by atoms with Gasteiger partial charge in [0.1, 0.15) is 5.82 Å². The third kappa shape index (κ3) is 3.89. The van der Waals surface area contributed by atoms with Gasteiger partial charge in [0.15, 0.2) is 0 Å². The molecule has 1 saturated heterocycles. The first-order valence-electron chi connectivity index (χ1n) is 6.67. The highest BCUT2D eigenvalue weighted by Gasteiger charge is 2.36. The maximum Gasteiger partial charge on any atom is 0.419 e. The van der Waals surface area contributed by atoms with Crippen molar-refractivity contribution in [1.29, 1.82) is 0 Å². The normalized spacial score (nSPS) is 18.2. The summed E-state index contributed by atoms with van der Waals surface area (Å²) in [7, 11) is 1.75. The van der Waals surface area contributed by atoms with E-state index in [1.54, 1.807) is 11.9 Å². The number of alkyl halides is 3. The van der Waals surface area contributed by atoms with Gasteiger partial charge in [0, 0.05) is 24.7 Å². The Balaban J connectivity index is 0.00000242. The summed E-state index contributed by atoms with van der Waals surface area (Å²) in [5, 5.41) is 2.96. The van der Waals surface area contributed by atoms with E-state index >= 15 is 0 Å². The molecule has 1 aromatic carbocycles. The van der Waals surface area contributed by atoms with Crippen molar-refractivity contribution in [3.8, 4) is 0 Å². The van der Waals surface area contributed by atoms with Crippen LogP contribution in [0.25, 0.3) is 0 Å². The van der Waals surface area contributed by atoms with Crippen LogP contribution in [0, 0.1) is 5.82 Å². The van der Waals surface area contributed by atoms with Crippen LogP contribution in [0.4, 0.5) is 17.6 Å². The minimum atomic E-state index is -4.81. The lowest BCUT2D eigenvalue weighted by atomic mass is 10.1. The lowest BCUT2D eigenvalue weighted by molar-refractivity contribution is -0.140. The molecule has 0 bridgehead atoms. The Morgan fingerprint density at radius 1 is 1.41 bits per heavy atom. The van der Waals surface area contributed by atoms with Crippen molar-refractivity contribution in [3.63, 3.8) is 0 Å². The van der Waals surface area contributed by atoms with Crippen LogP contribution in [0.3, 0.4) is 0 Å². The Kier molecular flexibility index (Phi) is 6.19. The van der Waals surface area contributed by atoms with Gasteiger partial charge >= 0.3 is 6.18 Å². The van der Waals surface area contributed by atoms with Crippen molar-refractivity contribution in [2.75, 3.05) is 20.1 Å². The van der Waals surface area contributed by atoms with Gasteiger partial charge in [0.25, 0.3) is 5.91 Å². The number of nitrogens with one attached hydrogen (secondary N) is 1. The third-order valence-electron chi connectivity index (χ3n) is 3.60. The Labute approximate surface area is 132 Å². The van der Waals surface area contributed by atoms with E-state index in [1.165, 1.54) is 0 Å². The number of amides is 1. The first kappa shape index (κ1) is 18.7. The number of likely N-dealkylation sites (N-methyl/N-ethyl adjacent to an activating group) is 1. The molecule has 0 spiro atoms. The predicted octanol–water partition coefficient (Wildman–Crippen LogP) is 3.09. The number of benzene rings is 1.